The molecule has 8 heteroatoms. The van der Waals surface area contributed by atoms with E-state index < -0.39 is 10.0 Å². The van der Waals surface area contributed by atoms with Gasteiger partial charge in [0.2, 0.25) is 10.0 Å². The van der Waals surface area contributed by atoms with Crippen LogP contribution in [0.1, 0.15) is 18.4 Å². The quantitative estimate of drug-likeness (QED) is 0.466. The van der Waals surface area contributed by atoms with Crippen molar-refractivity contribution in [1.82, 2.24) is 9.29 Å². The number of benzene rings is 2. The van der Waals surface area contributed by atoms with Crippen LogP contribution in [0.2, 0.25) is 0 Å². The molecule has 0 fully saturated rings. The molecule has 2 aromatic carbocycles. The van der Waals surface area contributed by atoms with Gasteiger partial charge in [-0.15, -0.1) is 11.3 Å². The highest BCUT2D eigenvalue weighted by Gasteiger charge is 2.18. The van der Waals surface area contributed by atoms with Crippen LogP contribution in [-0.4, -0.2) is 44.7 Å². The minimum atomic E-state index is -3.22. The van der Waals surface area contributed by atoms with E-state index in [1.54, 1.807) is 14.2 Å². The predicted molar refractivity (Wildman–Crippen MR) is 128 cm³/mol. The fourth-order valence-corrected chi connectivity index (χ4v) is 5.18. The molecule has 0 aliphatic heterocycles. The Hall–Kier alpha value is -2.68. The number of nitrogens with zero attached hydrogens (tertiary/aromatic N) is 1. The van der Waals surface area contributed by atoms with Crippen molar-refractivity contribution in [3.05, 3.63) is 63.8 Å². The summed E-state index contributed by atoms with van der Waals surface area (Å²) >= 11 is 1.42. The molecule has 4 rings (SSSR count). The van der Waals surface area contributed by atoms with Gasteiger partial charge in [0.15, 0.2) is 0 Å². The summed E-state index contributed by atoms with van der Waals surface area (Å²) in [6.07, 6.45) is 1.21. The van der Waals surface area contributed by atoms with Crippen LogP contribution >= 0.6 is 11.3 Å². The zero-order valence-corrected chi connectivity index (χ0v) is 19.4. The zero-order chi connectivity index (χ0) is 22.3. The molecule has 0 aliphatic rings. The average Bonchev–Trinajstić information content (AvgIpc) is 3.23. The van der Waals surface area contributed by atoms with Crippen LogP contribution in [0.25, 0.3) is 32.1 Å². The Balaban J connectivity index is 1.82. The lowest BCUT2D eigenvalue weighted by molar-refractivity contribution is 0.417. The average molecular weight is 457 g/mol. The predicted octanol–water partition coefficient (Wildman–Crippen LogP) is 4.41. The van der Waals surface area contributed by atoms with Crippen LogP contribution in [0.15, 0.2) is 52.6 Å². The van der Waals surface area contributed by atoms with Crippen molar-refractivity contribution in [1.29, 1.82) is 0 Å². The second kappa shape index (κ2) is 8.11. The molecule has 1 N–H and O–H groups in total. The van der Waals surface area contributed by atoms with E-state index in [9.17, 15) is 13.2 Å². The highest BCUT2D eigenvalue weighted by Crippen LogP contribution is 2.40. The molecule has 1 atom stereocenters. The first-order valence-corrected chi connectivity index (χ1v) is 12.6. The van der Waals surface area contributed by atoms with E-state index >= 15 is 0 Å². The van der Waals surface area contributed by atoms with Crippen molar-refractivity contribution in [2.45, 2.75) is 12.8 Å². The molecular weight excluding hydrogens is 432 g/mol. The molecular formula is C23H24N2O4S2. The molecule has 0 amide bonds. The monoisotopic (exact) mass is 456 g/mol. The Labute approximate surface area is 185 Å². The third kappa shape index (κ3) is 3.98. The van der Waals surface area contributed by atoms with Gasteiger partial charge in [-0.3, -0.25) is 4.79 Å². The second-order valence-corrected chi connectivity index (χ2v) is 10.8. The van der Waals surface area contributed by atoms with Crippen molar-refractivity contribution >= 4 is 42.3 Å². The third-order valence-corrected chi connectivity index (χ3v) is 7.84. The maximum Gasteiger partial charge on any atom is 0.266 e. The summed E-state index contributed by atoms with van der Waals surface area (Å²) in [6.45, 7) is 2.42. The number of H-pyrrole nitrogens is 1. The van der Waals surface area contributed by atoms with E-state index in [4.69, 9.17) is 4.74 Å². The number of pyridine rings is 1. The maximum absolute atomic E-state index is 12.4. The minimum absolute atomic E-state index is 0.0446. The number of methoxy groups -OCH3 is 1. The largest absolute Gasteiger partial charge is 0.496 e. The van der Waals surface area contributed by atoms with Gasteiger partial charge in [-0.2, -0.15) is 0 Å². The van der Waals surface area contributed by atoms with Crippen LogP contribution in [0.3, 0.4) is 0 Å². The summed E-state index contributed by atoms with van der Waals surface area (Å²) in [7, 11) is 0.00846. The lowest BCUT2D eigenvalue weighted by Crippen LogP contribution is -2.29. The van der Waals surface area contributed by atoms with Gasteiger partial charge < -0.3 is 9.72 Å². The Morgan fingerprint density at radius 1 is 1.13 bits per heavy atom. The van der Waals surface area contributed by atoms with E-state index in [0.717, 1.165) is 38.7 Å². The van der Waals surface area contributed by atoms with Crippen LogP contribution in [0.5, 0.6) is 5.75 Å². The molecule has 1 unspecified atom stereocenters. The van der Waals surface area contributed by atoms with Gasteiger partial charge in [-0.1, -0.05) is 31.2 Å². The number of ether oxygens (including phenoxy) is 1. The Bertz CT molecular complexity index is 1420. The summed E-state index contributed by atoms with van der Waals surface area (Å²) in [5, 5.41) is 3.78. The lowest BCUT2D eigenvalue weighted by atomic mass is 9.94. The number of hydrogen-bond donors (Lipinski definition) is 1. The molecule has 0 saturated carbocycles. The Morgan fingerprint density at radius 3 is 2.48 bits per heavy atom. The molecule has 2 aromatic heterocycles. The van der Waals surface area contributed by atoms with Crippen molar-refractivity contribution in [3.63, 3.8) is 0 Å². The zero-order valence-electron chi connectivity index (χ0n) is 17.8. The minimum Gasteiger partial charge on any atom is -0.496 e. The molecule has 0 bridgehead atoms. The van der Waals surface area contributed by atoms with Crippen molar-refractivity contribution in [2.24, 2.45) is 0 Å². The smallest absolute Gasteiger partial charge is 0.266 e. The SMILES string of the molecule is COc1ccc2[nH]c(=O)c3sccc3c2c1-c1ccc(C(C)CN(C)S(C)(=O)=O)cc1. The van der Waals surface area contributed by atoms with E-state index in [-0.39, 0.29) is 11.5 Å². The fraction of sp³-hybridized carbons (Fsp3) is 0.261. The number of thiophene rings is 1. The number of fused-ring (bicyclic) bond motifs is 3. The molecule has 2 heterocycles. The lowest BCUT2D eigenvalue weighted by Gasteiger charge is -2.20. The molecule has 0 saturated heterocycles. The first-order chi connectivity index (χ1) is 14.7. The number of sulfonamides is 1. The molecule has 0 spiro atoms. The first-order valence-electron chi connectivity index (χ1n) is 9.82. The van der Waals surface area contributed by atoms with Crippen molar-refractivity contribution in [2.75, 3.05) is 27.0 Å². The molecule has 162 valence electrons. The van der Waals surface area contributed by atoms with Gasteiger partial charge in [-0.05, 0) is 40.6 Å². The second-order valence-electron chi connectivity index (χ2n) is 7.75. The molecule has 0 aliphatic carbocycles. The van der Waals surface area contributed by atoms with Crippen molar-refractivity contribution < 1.29 is 13.2 Å². The van der Waals surface area contributed by atoms with E-state index in [0.29, 0.717) is 11.2 Å². The normalized spacial score (nSPS) is 13.2. The molecule has 0 radical (unpaired) electrons. The molecule has 6 nitrogen and oxygen atoms in total. The van der Waals surface area contributed by atoms with Gasteiger partial charge in [0.05, 0.1) is 13.4 Å². The van der Waals surface area contributed by atoms with Crippen LogP contribution < -0.4 is 10.3 Å². The van der Waals surface area contributed by atoms with Crippen molar-refractivity contribution in [3.8, 4) is 16.9 Å². The Kier molecular flexibility index (Phi) is 5.63. The highest BCUT2D eigenvalue weighted by atomic mass is 32.2. The van der Waals surface area contributed by atoms with Gasteiger partial charge in [-0.25, -0.2) is 12.7 Å². The molecule has 4 aromatic rings. The summed E-state index contributed by atoms with van der Waals surface area (Å²) in [6, 6.07) is 13.8. The number of nitrogens with one attached hydrogen (secondary N) is 1. The highest BCUT2D eigenvalue weighted by molar-refractivity contribution is 7.88. The standard InChI is InChI=1S/C23H24N2O4S2/c1-14(13-25(2)31(4,27)28)15-5-7-16(8-6-15)20-19(29-3)10-9-18-21(20)17-11-12-30-22(17)23(26)24-18/h5-12,14H,13H2,1-4H3,(H,24,26). The van der Waals surface area contributed by atoms with Gasteiger partial charge in [0.1, 0.15) is 10.4 Å². The Morgan fingerprint density at radius 2 is 1.84 bits per heavy atom. The van der Waals surface area contributed by atoms with Crippen LogP contribution in [0.4, 0.5) is 0 Å². The number of hydrogen-bond acceptors (Lipinski definition) is 5. The van der Waals surface area contributed by atoms with Gasteiger partial charge in [0, 0.05) is 35.4 Å². The van der Waals surface area contributed by atoms with Gasteiger partial charge >= 0.3 is 0 Å². The summed E-state index contributed by atoms with van der Waals surface area (Å²) in [4.78, 5) is 15.4. The summed E-state index contributed by atoms with van der Waals surface area (Å²) < 4.78 is 31.2. The van der Waals surface area contributed by atoms with Crippen LogP contribution in [-0.2, 0) is 10.0 Å². The summed E-state index contributed by atoms with van der Waals surface area (Å²) in [5.74, 6) is 0.771. The first kappa shape index (κ1) is 21.5. The van der Waals surface area contributed by atoms with E-state index in [1.807, 2.05) is 54.8 Å². The van der Waals surface area contributed by atoms with E-state index in [1.165, 1.54) is 21.9 Å². The maximum atomic E-state index is 12.4. The summed E-state index contributed by atoms with van der Waals surface area (Å²) in [5.41, 5.74) is 3.61. The number of aromatic amines is 1. The van der Waals surface area contributed by atoms with Crippen LogP contribution in [0, 0.1) is 0 Å². The fourth-order valence-electron chi connectivity index (χ4n) is 3.89. The number of likely N-dealkylation sites (N-methyl/N-ethyl adjacent to an activating group) is 1. The van der Waals surface area contributed by atoms with E-state index in [2.05, 4.69) is 4.98 Å². The topological polar surface area (TPSA) is 79.5 Å². The number of aromatic nitrogens is 1. The number of rotatable bonds is 6. The third-order valence-electron chi connectivity index (χ3n) is 5.64. The molecule has 31 heavy (non-hydrogen) atoms. The van der Waals surface area contributed by atoms with Gasteiger partial charge in [0.25, 0.3) is 5.56 Å².